The Labute approximate surface area is 103 Å². The van der Waals surface area contributed by atoms with Crippen molar-refractivity contribution in [3.05, 3.63) is 21.9 Å². The normalized spacial score (nSPS) is 14.1. The van der Waals surface area contributed by atoms with Gasteiger partial charge in [0.05, 0.1) is 11.6 Å². The van der Waals surface area contributed by atoms with Crippen molar-refractivity contribution in [3.63, 3.8) is 0 Å². The molecule has 0 aliphatic heterocycles. The van der Waals surface area contributed by atoms with Crippen LogP contribution in [0.3, 0.4) is 0 Å². The van der Waals surface area contributed by atoms with Gasteiger partial charge in [-0.25, -0.2) is 0 Å². The zero-order chi connectivity index (χ0) is 12.2. The molecule has 92 valence electrons. The van der Waals surface area contributed by atoms with E-state index in [9.17, 15) is 0 Å². The number of ether oxygens (including phenoxy) is 1. The Morgan fingerprint density at radius 1 is 1.38 bits per heavy atom. The van der Waals surface area contributed by atoms with Gasteiger partial charge < -0.3 is 10.1 Å². The van der Waals surface area contributed by atoms with Crippen LogP contribution in [-0.4, -0.2) is 19.8 Å². The summed E-state index contributed by atoms with van der Waals surface area (Å²) in [4.78, 5) is 2.72. The Kier molecular flexibility index (Phi) is 4.96. The number of hydrogen-bond donors (Lipinski definition) is 1. The van der Waals surface area contributed by atoms with Crippen LogP contribution in [0.4, 0.5) is 0 Å². The Morgan fingerprint density at radius 3 is 2.31 bits per heavy atom. The lowest BCUT2D eigenvalue weighted by Gasteiger charge is -2.37. The van der Waals surface area contributed by atoms with Crippen molar-refractivity contribution in [3.8, 4) is 0 Å². The van der Waals surface area contributed by atoms with E-state index in [1.165, 1.54) is 9.75 Å². The van der Waals surface area contributed by atoms with Crippen LogP contribution in [0.25, 0.3) is 0 Å². The number of thiophene rings is 1. The minimum absolute atomic E-state index is 0.0912. The van der Waals surface area contributed by atoms with Gasteiger partial charge in [-0.1, -0.05) is 13.8 Å². The first-order chi connectivity index (χ1) is 7.63. The quantitative estimate of drug-likeness (QED) is 0.822. The number of nitrogens with one attached hydrogen (secondary N) is 1. The largest absolute Gasteiger partial charge is 0.376 e. The van der Waals surface area contributed by atoms with E-state index in [1.54, 1.807) is 0 Å². The van der Waals surface area contributed by atoms with E-state index in [0.29, 0.717) is 0 Å². The maximum atomic E-state index is 5.80. The molecule has 0 saturated carbocycles. The van der Waals surface area contributed by atoms with Gasteiger partial charge in [0.1, 0.15) is 0 Å². The van der Waals surface area contributed by atoms with Crippen molar-refractivity contribution in [2.45, 2.75) is 45.3 Å². The predicted octanol–water partition coefficient (Wildman–Crippen LogP) is 3.52. The summed E-state index contributed by atoms with van der Waals surface area (Å²) in [7, 11) is 3.83. The summed E-state index contributed by atoms with van der Waals surface area (Å²) in [6.07, 6.45) is 2.03. The molecule has 1 aromatic rings. The van der Waals surface area contributed by atoms with Crippen molar-refractivity contribution in [2.24, 2.45) is 0 Å². The molecule has 1 atom stereocenters. The SMILES string of the molecule is CCC(CC)(OC)C(NC)c1ccc(C)s1. The Hall–Kier alpha value is -0.380. The van der Waals surface area contributed by atoms with Crippen LogP contribution in [0, 0.1) is 6.92 Å². The van der Waals surface area contributed by atoms with Gasteiger partial charge in [-0.15, -0.1) is 11.3 Å². The average molecular weight is 241 g/mol. The third kappa shape index (κ3) is 2.47. The fraction of sp³-hybridized carbons (Fsp3) is 0.692. The van der Waals surface area contributed by atoms with E-state index in [-0.39, 0.29) is 11.6 Å². The van der Waals surface area contributed by atoms with Gasteiger partial charge in [0.15, 0.2) is 0 Å². The highest BCUT2D eigenvalue weighted by Gasteiger charge is 2.36. The number of rotatable bonds is 6. The first kappa shape index (κ1) is 13.7. The Morgan fingerprint density at radius 2 is 2.00 bits per heavy atom. The van der Waals surface area contributed by atoms with Gasteiger partial charge in [0.25, 0.3) is 0 Å². The molecular formula is C13H23NOS. The zero-order valence-electron chi connectivity index (χ0n) is 11.0. The lowest BCUT2D eigenvalue weighted by Crippen LogP contribution is -2.43. The molecule has 1 heterocycles. The summed E-state index contributed by atoms with van der Waals surface area (Å²) in [5.41, 5.74) is -0.0912. The summed E-state index contributed by atoms with van der Waals surface area (Å²) in [5.74, 6) is 0. The van der Waals surface area contributed by atoms with Crippen LogP contribution in [0.5, 0.6) is 0 Å². The predicted molar refractivity (Wildman–Crippen MR) is 71.2 cm³/mol. The molecule has 1 aromatic heterocycles. The van der Waals surface area contributed by atoms with Crippen molar-refractivity contribution >= 4 is 11.3 Å². The van der Waals surface area contributed by atoms with Crippen LogP contribution in [-0.2, 0) is 4.74 Å². The van der Waals surface area contributed by atoms with Crippen LogP contribution >= 0.6 is 11.3 Å². The molecule has 0 spiro atoms. The first-order valence-electron chi connectivity index (χ1n) is 5.92. The summed E-state index contributed by atoms with van der Waals surface area (Å²) >= 11 is 1.85. The van der Waals surface area contributed by atoms with E-state index < -0.39 is 0 Å². The summed E-state index contributed by atoms with van der Waals surface area (Å²) in [5, 5.41) is 3.41. The zero-order valence-corrected chi connectivity index (χ0v) is 11.8. The molecule has 3 heteroatoms. The van der Waals surface area contributed by atoms with E-state index >= 15 is 0 Å². The molecule has 0 aliphatic rings. The monoisotopic (exact) mass is 241 g/mol. The second kappa shape index (κ2) is 5.80. The highest BCUT2D eigenvalue weighted by molar-refractivity contribution is 7.12. The van der Waals surface area contributed by atoms with E-state index in [2.05, 4.69) is 38.2 Å². The number of likely N-dealkylation sites (N-methyl/N-ethyl adjacent to an activating group) is 1. The molecule has 0 aliphatic carbocycles. The highest BCUT2D eigenvalue weighted by Crippen LogP contribution is 2.37. The van der Waals surface area contributed by atoms with Crippen LogP contribution in [0.2, 0.25) is 0 Å². The number of methoxy groups -OCH3 is 1. The van der Waals surface area contributed by atoms with Gasteiger partial charge in [-0.3, -0.25) is 0 Å². The molecule has 0 saturated heterocycles. The van der Waals surface area contributed by atoms with Gasteiger partial charge in [-0.05, 0) is 38.9 Å². The molecule has 0 amide bonds. The minimum atomic E-state index is -0.0912. The first-order valence-corrected chi connectivity index (χ1v) is 6.74. The lowest BCUT2D eigenvalue weighted by atomic mass is 9.87. The van der Waals surface area contributed by atoms with Crippen molar-refractivity contribution in [1.29, 1.82) is 0 Å². The summed E-state index contributed by atoms with van der Waals surface area (Å²) < 4.78 is 5.80. The third-order valence-corrected chi connectivity index (χ3v) is 4.53. The fourth-order valence-corrected chi connectivity index (χ4v) is 3.43. The van der Waals surface area contributed by atoms with E-state index in [4.69, 9.17) is 4.74 Å². The number of aryl methyl sites for hydroxylation is 1. The second-order valence-electron chi connectivity index (χ2n) is 4.15. The molecule has 16 heavy (non-hydrogen) atoms. The van der Waals surface area contributed by atoms with Crippen molar-refractivity contribution in [2.75, 3.05) is 14.2 Å². The van der Waals surface area contributed by atoms with Gasteiger partial charge >= 0.3 is 0 Å². The maximum absolute atomic E-state index is 5.80. The minimum Gasteiger partial charge on any atom is -0.376 e. The van der Waals surface area contributed by atoms with E-state index in [1.807, 2.05) is 25.5 Å². The van der Waals surface area contributed by atoms with Crippen LogP contribution < -0.4 is 5.32 Å². The van der Waals surface area contributed by atoms with Gasteiger partial charge in [0.2, 0.25) is 0 Å². The molecule has 2 nitrogen and oxygen atoms in total. The molecule has 1 rings (SSSR count). The molecule has 0 radical (unpaired) electrons. The van der Waals surface area contributed by atoms with Crippen LogP contribution in [0.1, 0.15) is 42.5 Å². The van der Waals surface area contributed by atoms with Crippen molar-refractivity contribution in [1.82, 2.24) is 5.32 Å². The maximum Gasteiger partial charge on any atom is 0.0875 e. The molecule has 1 N–H and O–H groups in total. The second-order valence-corrected chi connectivity index (χ2v) is 5.47. The van der Waals surface area contributed by atoms with Gasteiger partial charge in [-0.2, -0.15) is 0 Å². The lowest BCUT2D eigenvalue weighted by molar-refractivity contribution is -0.0458. The topological polar surface area (TPSA) is 21.3 Å². The van der Waals surface area contributed by atoms with Gasteiger partial charge in [0, 0.05) is 16.9 Å². The van der Waals surface area contributed by atoms with E-state index in [0.717, 1.165) is 12.8 Å². The van der Waals surface area contributed by atoms with Crippen molar-refractivity contribution < 1.29 is 4.74 Å². The molecular weight excluding hydrogens is 218 g/mol. The summed E-state index contributed by atoms with van der Waals surface area (Å²) in [6.45, 7) is 6.53. The average Bonchev–Trinajstić information content (AvgIpc) is 2.72. The van der Waals surface area contributed by atoms with Crippen LogP contribution in [0.15, 0.2) is 12.1 Å². The molecule has 0 fully saturated rings. The number of hydrogen-bond acceptors (Lipinski definition) is 3. The fourth-order valence-electron chi connectivity index (χ4n) is 2.34. The molecule has 0 aromatic carbocycles. The Balaban J connectivity index is 3.04. The highest BCUT2D eigenvalue weighted by atomic mass is 32.1. The smallest absolute Gasteiger partial charge is 0.0875 e. The standard InChI is InChI=1S/C13H23NOS/c1-6-13(7-2,15-5)12(14-4)11-9-8-10(3)16-11/h8-9,12,14H,6-7H2,1-5H3. The molecule has 1 unspecified atom stereocenters. The molecule has 0 bridgehead atoms. The third-order valence-electron chi connectivity index (χ3n) is 3.46. The Bertz CT molecular complexity index is 309. The summed E-state index contributed by atoms with van der Waals surface area (Å²) in [6, 6.07) is 4.67.